The minimum absolute atomic E-state index is 0.188. The Bertz CT molecular complexity index is 368. The molecule has 15 heavy (non-hydrogen) atoms. The van der Waals surface area contributed by atoms with Crippen LogP contribution in [0.1, 0.15) is 23.6 Å². The number of hydrogen-bond donors (Lipinski definition) is 3. The zero-order valence-corrected chi connectivity index (χ0v) is 10.0. The molecule has 0 aliphatic rings. The SMILES string of the molecule is Cc1ccc(Br)cc1C(N)CC(=O)NN. The van der Waals surface area contributed by atoms with Crippen molar-refractivity contribution >= 4 is 21.8 Å². The smallest absolute Gasteiger partial charge is 0.235 e. The van der Waals surface area contributed by atoms with E-state index < -0.39 is 0 Å². The molecule has 1 rings (SSSR count). The van der Waals surface area contributed by atoms with Gasteiger partial charge >= 0.3 is 0 Å². The van der Waals surface area contributed by atoms with Crippen molar-refractivity contribution in [1.29, 1.82) is 0 Å². The lowest BCUT2D eigenvalue weighted by Gasteiger charge is -2.14. The largest absolute Gasteiger partial charge is 0.324 e. The zero-order chi connectivity index (χ0) is 11.4. The molecule has 4 nitrogen and oxygen atoms in total. The van der Waals surface area contributed by atoms with E-state index in [1.54, 1.807) is 0 Å². The first kappa shape index (κ1) is 12.2. The Hall–Kier alpha value is -0.910. The molecule has 1 atom stereocenters. The summed E-state index contributed by atoms with van der Waals surface area (Å²) in [5.74, 6) is 4.74. The van der Waals surface area contributed by atoms with Crippen LogP contribution in [0, 0.1) is 6.92 Å². The number of benzene rings is 1. The summed E-state index contributed by atoms with van der Waals surface area (Å²) in [6.45, 7) is 1.96. The minimum Gasteiger partial charge on any atom is -0.324 e. The summed E-state index contributed by atoms with van der Waals surface area (Å²) in [5.41, 5.74) is 9.99. The monoisotopic (exact) mass is 271 g/mol. The van der Waals surface area contributed by atoms with Gasteiger partial charge in [-0.05, 0) is 30.2 Å². The summed E-state index contributed by atoms with van der Waals surface area (Å²) < 4.78 is 0.951. The Morgan fingerprint density at radius 2 is 2.27 bits per heavy atom. The molecular weight excluding hydrogens is 258 g/mol. The third kappa shape index (κ3) is 3.30. The second-order valence-electron chi connectivity index (χ2n) is 3.38. The van der Waals surface area contributed by atoms with Crippen molar-refractivity contribution in [3.63, 3.8) is 0 Å². The Morgan fingerprint density at radius 3 is 2.87 bits per heavy atom. The molecule has 0 aromatic heterocycles. The number of amides is 1. The number of nitrogens with one attached hydrogen (secondary N) is 1. The molecule has 0 aliphatic carbocycles. The third-order valence-corrected chi connectivity index (χ3v) is 2.70. The Kier molecular flexibility index (Phi) is 4.26. The lowest BCUT2D eigenvalue weighted by Crippen LogP contribution is -2.32. The molecular formula is C10H14BrN3O. The molecule has 5 heteroatoms. The van der Waals surface area contributed by atoms with Crippen molar-refractivity contribution in [2.75, 3.05) is 0 Å². The molecule has 1 unspecified atom stereocenters. The van der Waals surface area contributed by atoms with Crippen LogP contribution in [0.5, 0.6) is 0 Å². The summed E-state index contributed by atoms with van der Waals surface area (Å²) in [6.07, 6.45) is 0.188. The first-order chi connectivity index (χ1) is 7.04. The van der Waals surface area contributed by atoms with E-state index >= 15 is 0 Å². The number of hydrazine groups is 1. The molecule has 0 radical (unpaired) electrons. The fourth-order valence-corrected chi connectivity index (χ4v) is 1.76. The van der Waals surface area contributed by atoms with Crippen molar-refractivity contribution in [2.24, 2.45) is 11.6 Å². The first-order valence-electron chi connectivity index (χ1n) is 4.55. The fraction of sp³-hybridized carbons (Fsp3) is 0.300. The second-order valence-corrected chi connectivity index (χ2v) is 4.29. The molecule has 0 saturated heterocycles. The highest BCUT2D eigenvalue weighted by Gasteiger charge is 2.13. The van der Waals surface area contributed by atoms with Crippen LogP contribution in [0.2, 0.25) is 0 Å². The van der Waals surface area contributed by atoms with Gasteiger partial charge in [0.2, 0.25) is 5.91 Å². The van der Waals surface area contributed by atoms with Crippen LogP contribution in [0.3, 0.4) is 0 Å². The van der Waals surface area contributed by atoms with Gasteiger partial charge in [0.15, 0.2) is 0 Å². The van der Waals surface area contributed by atoms with Crippen LogP contribution in [0.25, 0.3) is 0 Å². The average molecular weight is 272 g/mol. The lowest BCUT2D eigenvalue weighted by molar-refractivity contribution is -0.121. The van der Waals surface area contributed by atoms with Crippen molar-refractivity contribution in [3.05, 3.63) is 33.8 Å². The van der Waals surface area contributed by atoms with E-state index in [1.807, 2.05) is 25.1 Å². The summed E-state index contributed by atoms with van der Waals surface area (Å²) in [7, 11) is 0. The van der Waals surface area contributed by atoms with Gasteiger partial charge in [0, 0.05) is 16.9 Å². The highest BCUT2D eigenvalue weighted by Crippen LogP contribution is 2.22. The van der Waals surface area contributed by atoms with E-state index in [-0.39, 0.29) is 18.4 Å². The first-order valence-corrected chi connectivity index (χ1v) is 5.35. The Labute approximate surface area is 97.1 Å². The van der Waals surface area contributed by atoms with Crippen LogP contribution < -0.4 is 17.0 Å². The topological polar surface area (TPSA) is 81.1 Å². The van der Waals surface area contributed by atoms with Crippen molar-refractivity contribution in [1.82, 2.24) is 5.43 Å². The molecule has 1 aromatic rings. The van der Waals surface area contributed by atoms with Gasteiger partial charge in [-0.3, -0.25) is 10.2 Å². The fourth-order valence-electron chi connectivity index (χ4n) is 1.38. The van der Waals surface area contributed by atoms with Crippen LogP contribution >= 0.6 is 15.9 Å². The molecule has 0 spiro atoms. The molecule has 0 aliphatic heterocycles. The molecule has 1 aromatic carbocycles. The number of hydrogen-bond acceptors (Lipinski definition) is 3. The molecule has 0 bridgehead atoms. The van der Waals surface area contributed by atoms with E-state index in [0.29, 0.717) is 0 Å². The summed E-state index contributed by atoms with van der Waals surface area (Å²) >= 11 is 3.37. The van der Waals surface area contributed by atoms with Crippen LogP contribution in [0.4, 0.5) is 0 Å². The zero-order valence-electron chi connectivity index (χ0n) is 8.46. The highest BCUT2D eigenvalue weighted by molar-refractivity contribution is 9.10. The molecule has 0 saturated carbocycles. The van der Waals surface area contributed by atoms with Crippen LogP contribution in [0.15, 0.2) is 22.7 Å². The third-order valence-electron chi connectivity index (χ3n) is 2.21. The van der Waals surface area contributed by atoms with Gasteiger partial charge in [0.25, 0.3) is 0 Å². The Balaban J connectivity index is 2.85. The lowest BCUT2D eigenvalue weighted by atomic mass is 9.99. The van der Waals surface area contributed by atoms with Gasteiger partial charge < -0.3 is 5.73 Å². The van der Waals surface area contributed by atoms with Crippen LogP contribution in [-0.4, -0.2) is 5.91 Å². The van der Waals surface area contributed by atoms with Crippen molar-refractivity contribution < 1.29 is 4.79 Å². The van der Waals surface area contributed by atoms with E-state index in [9.17, 15) is 4.79 Å². The predicted molar refractivity (Wildman–Crippen MR) is 62.8 cm³/mol. The van der Waals surface area contributed by atoms with Gasteiger partial charge in [-0.25, -0.2) is 5.84 Å². The van der Waals surface area contributed by atoms with Crippen molar-refractivity contribution in [2.45, 2.75) is 19.4 Å². The standard InChI is InChI=1S/C10H14BrN3O/c1-6-2-3-7(11)4-8(6)9(12)5-10(15)14-13/h2-4,9H,5,12-13H2,1H3,(H,14,15). The predicted octanol–water partition coefficient (Wildman–Crippen LogP) is 1.14. The van der Waals surface area contributed by atoms with Gasteiger partial charge in [-0.2, -0.15) is 0 Å². The Morgan fingerprint density at radius 1 is 1.60 bits per heavy atom. The van der Waals surface area contributed by atoms with Crippen molar-refractivity contribution in [3.8, 4) is 0 Å². The minimum atomic E-state index is -0.328. The number of halogens is 1. The molecule has 82 valence electrons. The maximum absolute atomic E-state index is 11.1. The summed E-state index contributed by atoms with van der Waals surface area (Å²) in [5, 5.41) is 0. The van der Waals surface area contributed by atoms with Crippen LogP contribution in [-0.2, 0) is 4.79 Å². The van der Waals surface area contributed by atoms with E-state index in [4.69, 9.17) is 11.6 Å². The number of nitrogens with two attached hydrogens (primary N) is 2. The second kappa shape index (κ2) is 5.25. The van der Waals surface area contributed by atoms with Gasteiger partial charge in [0.05, 0.1) is 0 Å². The number of carbonyl (C=O) groups excluding carboxylic acids is 1. The molecule has 0 fully saturated rings. The molecule has 1 amide bonds. The average Bonchev–Trinajstić information content (AvgIpc) is 2.21. The highest BCUT2D eigenvalue weighted by atomic mass is 79.9. The maximum atomic E-state index is 11.1. The summed E-state index contributed by atoms with van der Waals surface area (Å²) in [4.78, 5) is 11.1. The summed E-state index contributed by atoms with van der Waals surface area (Å²) in [6, 6.07) is 5.49. The number of carbonyl (C=O) groups is 1. The quantitative estimate of drug-likeness (QED) is 0.438. The number of rotatable bonds is 3. The van der Waals surface area contributed by atoms with E-state index in [1.165, 1.54) is 0 Å². The molecule has 5 N–H and O–H groups in total. The van der Waals surface area contributed by atoms with Gasteiger partial charge in [-0.15, -0.1) is 0 Å². The van der Waals surface area contributed by atoms with E-state index in [0.717, 1.165) is 15.6 Å². The normalized spacial score (nSPS) is 12.3. The maximum Gasteiger partial charge on any atom is 0.235 e. The molecule has 0 heterocycles. The van der Waals surface area contributed by atoms with Gasteiger partial charge in [0.1, 0.15) is 0 Å². The van der Waals surface area contributed by atoms with E-state index in [2.05, 4.69) is 21.4 Å². The number of aryl methyl sites for hydroxylation is 1. The van der Waals surface area contributed by atoms with Gasteiger partial charge in [-0.1, -0.05) is 22.0 Å².